The van der Waals surface area contributed by atoms with Gasteiger partial charge in [0.2, 0.25) is 5.83 Å². The molecule has 4 rings (SSSR count). The Labute approximate surface area is 174 Å². The van der Waals surface area contributed by atoms with E-state index in [9.17, 15) is 9.18 Å². The van der Waals surface area contributed by atoms with Crippen LogP contribution in [0.3, 0.4) is 0 Å². The second-order valence-electron chi connectivity index (χ2n) is 9.91. The summed E-state index contributed by atoms with van der Waals surface area (Å²) >= 11 is 0. The van der Waals surface area contributed by atoms with Crippen molar-refractivity contribution in [2.45, 2.75) is 72.6 Å². The third kappa shape index (κ3) is 2.92. The molecule has 0 aliphatic heterocycles. The fraction of sp³-hybridized carbons (Fsp3) is 0.720. The van der Waals surface area contributed by atoms with Crippen LogP contribution < -0.4 is 0 Å². The van der Waals surface area contributed by atoms with Gasteiger partial charge in [0.05, 0.1) is 19.5 Å². The van der Waals surface area contributed by atoms with Gasteiger partial charge in [-0.15, -0.1) is 0 Å². The van der Waals surface area contributed by atoms with E-state index in [1.54, 1.807) is 14.0 Å². The van der Waals surface area contributed by atoms with Crippen molar-refractivity contribution in [3.05, 3.63) is 34.4 Å². The van der Waals surface area contributed by atoms with Crippen molar-refractivity contribution in [1.29, 1.82) is 0 Å². The van der Waals surface area contributed by atoms with Gasteiger partial charge in [0.1, 0.15) is 0 Å². The number of allylic oxidation sites excluding steroid dienone is 5. The van der Waals surface area contributed by atoms with Crippen molar-refractivity contribution in [2.24, 2.45) is 28.6 Å². The summed E-state index contributed by atoms with van der Waals surface area (Å²) in [5.74, 6) is 1.37. The molecule has 0 bridgehead atoms. The van der Waals surface area contributed by atoms with Gasteiger partial charge in [-0.25, -0.2) is 4.79 Å². The Balaban J connectivity index is 1.68. The second kappa shape index (κ2) is 7.28. The monoisotopic (exact) mass is 402 g/mol. The molecule has 2 saturated carbocycles. The molecular formula is C25H35FO3. The molecular weight excluding hydrogens is 367 g/mol. The van der Waals surface area contributed by atoms with Crippen LogP contribution in [0.4, 0.5) is 4.39 Å². The summed E-state index contributed by atoms with van der Waals surface area (Å²) in [7, 11) is 1.78. The molecule has 4 aliphatic rings. The van der Waals surface area contributed by atoms with Gasteiger partial charge in [0.25, 0.3) is 0 Å². The van der Waals surface area contributed by atoms with Crippen molar-refractivity contribution in [2.75, 3.05) is 13.7 Å². The smallest absolute Gasteiger partial charge is 0.367 e. The van der Waals surface area contributed by atoms with E-state index in [4.69, 9.17) is 9.47 Å². The van der Waals surface area contributed by atoms with E-state index < -0.39 is 11.8 Å². The van der Waals surface area contributed by atoms with Crippen molar-refractivity contribution in [3.8, 4) is 0 Å². The minimum absolute atomic E-state index is 0.183. The Bertz CT molecular complexity index is 807. The normalized spacial score (nSPS) is 40.5. The molecule has 0 aromatic carbocycles. The number of ether oxygens (including phenoxy) is 2. The number of rotatable bonds is 3. The van der Waals surface area contributed by atoms with Crippen LogP contribution in [0.1, 0.15) is 72.6 Å². The Morgan fingerprint density at radius 3 is 2.59 bits per heavy atom. The lowest BCUT2D eigenvalue weighted by atomic mass is 9.48. The fourth-order valence-electron chi connectivity index (χ4n) is 7.45. The first-order valence-corrected chi connectivity index (χ1v) is 11.3. The molecule has 0 heterocycles. The molecule has 0 amide bonds. The van der Waals surface area contributed by atoms with Crippen LogP contribution in [0.2, 0.25) is 0 Å². The number of halogens is 1. The standard InChI is InChI=1S/C25H35FO3/c1-6-29-23(27)22(26)20-10-9-18-16-7-8-17-15(2)21(28-5)12-14-24(17,3)19(16)11-13-25(18,20)4/h8,16,18-19H,6-7,9-14H2,1-5H3/t16-,18-,19-,24-,25-/m0/s1. The molecule has 0 radical (unpaired) electrons. The first-order chi connectivity index (χ1) is 13.8. The van der Waals surface area contributed by atoms with Gasteiger partial charge in [-0.2, -0.15) is 4.39 Å². The van der Waals surface area contributed by atoms with E-state index in [0.29, 0.717) is 24.2 Å². The lowest BCUT2D eigenvalue weighted by molar-refractivity contribution is -0.140. The third-order valence-electron chi connectivity index (χ3n) is 8.91. The predicted octanol–water partition coefficient (Wildman–Crippen LogP) is 6.27. The number of carbonyl (C=O) groups is 1. The molecule has 0 unspecified atom stereocenters. The van der Waals surface area contributed by atoms with Crippen LogP contribution in [0, 0.1) is 28.6 Å². The summed E-state index contributed by atoms with van der Waals surface area (Å²) in [5.41, 5.74) is 3.51. The molecule has 0 saturated heterocycles. The largest absolute Gasteiger partial charge is 0.501 e. The second-order valence-corrected chi connectivity index (χ2v) is 9.91. The number of carbonyl (C=O) groups excluding carboxylic acids is 1. The SMILES string of the molecule is CCOC(=O)C(F)=C1CC[C@H]2[C@@H]3CC=C4C(C)=C(OC)CC[C@]4(C)[C@H]3CC[C@]12C. The van der Waals surface area contributed by atoms with Gasteiger partial charge in [-0.3, -0.25) is 0 Å². The highest BCUT2D eigenvalue weighted by atomic mass is 19.1. The maximum absolute atomic E-state index is 15.0. The molecule has 4 aliphatic carbocycles. The van der Waals surface area contributed by atoms with Crippen molar-refractivity contribution >= 4 is 5.97 Å². The lowest BCUT2D eigenvalue weighted by Crippen LogP contribution is -2.48. The average Bonchev–Trinajstić information content (AvgIpc) is 3.05. The zero-order valence-electron chi connectivity index (χ0n) is 18.6. The topological polar surface area (TPSA) is 35.5 Å². The highest BCUT2D eigenvalue weighted by molar-refractivity contribution is 5.87. The van der Waals surface area contributed by atoms with Gasteiger partial charge in [-0.1, -0.05) is 19.9 Å². The van der Waals surface area contributed by atoms with Crippen LogP contribution in [0.5, 0.6) is 0 Å². The van der Waals surface area contributed by atoms with Crippen molar-refractivity contribution < 1.29 is 18.7 Å². The molecule has 0 aromatic heterocycles. The summed E-state index contributed by atoms with van der Waals surface area (Å²) in [6.45, 7) is 8.79. The summed E-state index contributed by atoms with van der Waals surface area (Å²) in [6, 6.07) is 0. The maximum Gasteiger partial charge on any atom is 0.367 e. The van der Waals surface area contributed by atoms with Crippen LogP contribution in [0.15, 0.2) is 34.4 Å². The minimum atomic E-state index is -0.774. The molecule has 160 valence electrons. The Morgan fingerprint density at radius 1 is 1.17 bits per heavy atom. The molecule has 3 nitrogen and oxygen atoms in total. The Morgan fingerprint density at radius 2 is 1.90 bits per heavy atom. The molecule has 2 fully saturated rings. The van der Waals surface area contributed by atoms with E-state index in [1.807, 2.05) is 0 Å². The van der Waals surface area contributed by atoms with Crippen LogP contribution in [-0.4, -0.2) is 19.7 Å². The number of hydrogen-bond donors (Lipinski definition) is 0. The summed E-state index contributed by atoms with van der Waals surface area (Å²) in [6.07, 6.45) is 9.37. The van der Waals surface area contributed by atoms with Crippen LogP contribution in [0.25, 0.3) is 0 Å². The summed E-state index contributed by atoms with van der Waals surface area (Å²) < 4.78 is 25.6. The van der Waals surface area contributed by atoms with E-state index in [-0.39, 0.29) is 17.4 Å². The predicted molar refractivity (Wildman–Crippen MR) is 112 cm³/mol. The number of hydrogen-bond acceptors (Lipinski definition) is 3. The summed E-state index contributed by atoms with van der Waals surface area (Å²) in [5, 5.41) is 0. The van der Waals surface area contributed by atoms with Gasteiger partial charge in [0, 0.05) is 6.42 Å². The molecule has 5 atom stereocenters. The Hall–Kier alpha value is -1.58. The molecule has 29 heavy (non-hydrogen) atoms. The highest BCUT2D eigenvalue weighted by Crippen LogP contribution is 2.66. The van der Waals surface area contributed by atoms with Gasteiger partial charge < -0.3 is 9.47 Å². The number of methoxy groups -OCH3 is 1. The average molecular weight is 403 g/mol. The molecule has 0 N–H and O–H groups in total. The molecule has 4 heteroatoms. The first-order valence-electron chi connectivity index (χ1n) is 11.3. The van der Waals surface area contributed by atoms with Crippen molar-refractivity contribution in [3.63, 3.8) is 0 Å². The summed E-state index contributed by atoms with van der Waals surface area (Å²) in [4.78, 5) is 12.1. The third-order valence-corrected chi connectivity index (χ3v) is 8.91. The van der Waals surface area contributed by atoms with Gasteiger partial charge in [-0.05, 0) is 97.7 Å². The van der Waals surface area contributed by atoms with Gasteiger partial charge >= 0.3 is 5.97 Å². The maximum atomic E-state index is 15.0. The van der Waals surface area contributed by atoms with Crippen LogP contribution in [-0.2, 0) is 14.3 Å². The molecule has 0 aromatic rings. The minimum Gasteiger partial charge on any atom is -0.501 e. The van der Waals surface area contributed by atoms with E-state index >= 15 is 0 Å². The zero-order valence-corrected chi connectivity index (χ0v) is 18.6. The van der Waals surface area contributed by atoms with Crippen molar-refractivity contribution in [1.82, 2.24) is 0 Å². The number of fused-ring (bicyclic) bond motifs is 5. The van der Waals surface area contributed by atoms with E-state index in [2.05, 4.69) is 26.8 Å². The van der Waals surface area contributed by atoms with Gasteiger partial charge in [0.15, 0.2) is 0 Å². The quantitative estimate of drug-likeness (QED) is 0.412. The van der Waals surface area contributed by atoms with E-state index in [1.165, 1.54) is 11.1 Å². The first kappa shape index (κ1) is 20.7. The Kier molecular flexibility index (Phi) is 5.19. The highest BCUT2D eigenvalue weighted by Gasteiger charge is 2.58. The zero-order chi connectivity index (χ0) is 21.0. The van der Waals surface area contributed by atoms with Crippen LogP contribution >= 0.6 is 0 Å². The lowest BCUT2D eigenvalue weighted by Gasteiger charge is -2.57. The fourth-order valence-corrected chi connectivity index (χ4v) is 7.45. The number of esters is 1. The van der Waals surface area contributed by atoms with E-state index in [0.717, 1.165) is 49.9 Å². The molecule has 0 spiro atoms.